The zero-order chi connectivity index (χ0) is 26.5. The molecule has 200 valence electrons. The molecule has 0 radical (unpaired) electrons. The Morgan fingerprint density at radius 2 is 1.70 bits per heavy atom. The van der Waals surface area contributed by atoms with Gasteiger partial charge in [-0.15, -0.1) is 0 Å². The number of anilines is 1. The highest BCUT2D eigenvalue weighted by atomic mass is 35.5. The van der Waals surface area contributed by atoms with Crippen LogP contribution in [-0.4, -0.2) is 68.0 Å². The Labute approximate surface area is 217 Å². The Kier molecular flexibility index (Phi) is 7.03. The molecule has 2 aromatic rings. The molecule has 1 saturated heterocycles. The summed E-state index contributed by atoms with van der Waals surface area (Å²) in [6, 6.07) is 4.93. The van der Waals surface area contributed by atoms with Crippen LogP contribution >= 0.6 is 11.6 Å². The van der Waals surface area contributed by atoms with E-state index in [1.165, 1.54) is 12.1 Å². The van der Waals surface area contributed by atoms with Crippen LogP contribution in [0.3, 0.4) is 0 Å². The first-order chi connectivity index (χ1) is 17.5. The maximum Gasteiger partial charge on any atom is 0.255 e. The van der Waals surface area contributed by atoms with Crippen LogP contribution in [0.5, 0.6) is 0 Å². The number of β-amino-alcohol motifs (C(OH)–C–C–N with tert-alkyl or cyclic N) is 1. The number of sulfone groups is 1. The van der Waals surface area contributed by atoms with Crippen molar-refractivity contribution >= 4 is 33.0 Å². The van der Waals surface area contributed by atoms with Crippen LogP contribution in [-0.2, 0) is 14.6 Å². The molecule has 3 aliphatic carbocycles. The maximum atomic E-state index is 13.6. The number of aliphatic hydroxyl groups is 1. The predicted octanol–water partition coefficient (Wildman–Crippen LogP) is 3.65. The minimum atomic E-state index is -3.95. The fraction of sp³-hybridized carbons (Fsp3) is 0.480. The summed E-state index contributed by atoms with van der Waals surface area (Å²) in [4.78, 5) is 14.6. The van der Waals surface area contributed by atoms with Crippen molar-refractivity contribution in [2.75, 3.05) is 38.2 Å². The summed E-state index contributed by atoms with van der Waals surface area (Å²) < 4.78 is 72.7. The molecule has 2 aromatic carbocycles. The third-order valence-electron chi connectivity index (χ3n) is 7.84. The highest BCUT2D eigenvalue weighted by Gasteiger charge is 2.60. The SMILES string of the molecule is O=C(Nc1cc(F)c(F)c(F)c1)c1ccc(Cl)c(S(=O)(=O)[C@H]2CC3CC(C2)[C@]3(O)CN2CCOCC2)c1. The Balaban J connectivity index is 1.32. The molecule has 4 fully saturated rings. The monoisotopic (exact) mass is 558 g/mol. The highest BCUT2D eigenvalue weighted by molar-refractivity contribution is 7.92. The van der Waals surface area contributed by atoms with E-state index in [2.05, 4.69) is 10.2 Å². The summed E-state index contributed by atoms with van der Waals surface area (Å²) in [7, 11) is -3.95. The summed E-state index contributed by atoms with van der Waals surface area (Å²) >= 11 is 6.24. The number of hydrogen-bond donors (Lipinski definition) is 2. The first-order valence-corrected chi connectivity index (χ1v) is 13.9. The first kappa shape index (κ1) is 26.4. The van der Waals surface area contributed by atoms with E-state index in [0.29, 0.717) is 31.9 Å². The standard InChI is InChI=1S/C25H26ClF3N2O5S/c26-19-2-1-14(24(32)30-17-11-20(27)23(29)21(28)12-17)7-22(19)37(34,35)18-9-15-8-16(10-18)25(15,33)13-31-3-5-36-6-4-31/h1-2,7,11-12,15-16,18,33H,3-6,8-10,13H2,(H,30,32)/t15?,16?,18-,25-. The second kappa shape index (κ2) is 9.85. The van der Waals surface area contributed by atoms with E-state index in [1.807, 2.05) is 0 Å². The summed E-state index contributed by atoms with van der Waals surface area (Å²) in [5.74, 6) is -5.78. The van der Waals surface area contributed by atoms with E-state index in [4.69, 9.17) is 16.3 Å². The van der Waals surface area contributed by atoms with Gasteiger partial charge in [0.15, 0.2) is 27.3 Å². The third-order valence-corrected chi connectivity index (χ3v) is 10.5. The molecule has 12 heteroatoms. The molecular weight excluding hydrogens is 533 g/mol. The third kappa shape index (κ3) is 4.87. The molecule has 2 bridgehead atoms. The van der Waals surface area contributed by atoms with Crippen LogP contribution in [0.25, 0.3) is 0 Å². The molecular formula is C25H26ClF3N2O5S. The number of halogens is 4. The van der Waals surface area contributed by atoms with E-state index >= 15 is 0 Å². The number of hydrogen-bond acceptors (Lipinski definition) is 6. The zero-order valence-electron chi connectivity index (χ0n) is 19.7. The lowest BCUT2D eigenvalue weighted by Crippen LogP contribution is -2.66. The van der Waals surface area contributed by atoms with Crippen LogP contribution < -0.4 is 5.32 Å². The molecule has 3 saturated carbocycles. The number of fused-ring (bicyclic) bond motifs is 2. The van der Waals surface area contributed by atoms with Crippen molar-refractivity contribution in [3.8, 4) is 0 Å². The maximum absolute atomic E-state index is 13.6. The number of benzene rings is 2. The Hall–Kier alpha value is -2.18. The number of rotatable bonds is 6. The van der Waals surface area contributed by atoms with Crippen molar-refractivity contribution in [2.24, 2.45) is 11.8 Å². The van der Waals surface area contributed by atoms with Gasteiger partial charge in [0.25, 0.3) is 5.91 Å². The molecule has 37 heavy (non-hydrogen) atoms. The van der Waals surface area contributed by atoms with Crippen molar-refractivity contribution in [1.29, 1.82) is 0 Å². The molecule has 6 rings (SSSR count). The quantitative estimate of drug-likeness (QED) is 0.526. The van der Waals surface area contributed by atoms with E-state index in [9.17, 15) is 31.5 Å². The summed E-state index contributed by atoms with van der Waals surface area (Å²) in [6.45, 7) is 3.15. The molecule has 2 N–H and O–H groups in total. The Bertz CT molecular complexity index is 1300. The van der Waals surface area contributed by atoms with Gasteiger partial charge >= 0.3 is 0 Å². The molecule has 0 spiro atoms. The molecule has 1 aliphatic heterocycles. The second-order valence-corrected chi connectivity index (χ2v) is 12.6. The normalized spacial score (nSPS) is 28.0. The number of ether oxygens (including phenoxy) is 1. The average Bonchev–Trinajstić information content (AvgIpc) is 2.87. The van der Waals surface area contributed by atoms with Gasteiger partial charge < -0.3 is 15.2 Å². The van der Waals surface area contributed by atoms with Gasteiger partial charge in [-0.05, 0) is 49.3 Å². The highest BCUT2D eigenvalue weighted by Crippen LogP contribution is 2.56. The number of nitrogens with zero attached hydrogens (tertiary/aromatic N) is 1. The van der Waals surface area contributed by atoms with Gasteiger partial charge in [0, 0.05) is 43.0 Å². The largest absolute Gasteiger partial charge is 0.388 e. The molecule has 1 heterocycles. The van der Waals surface area contributed by atoms with Gasteiger partial charge in [-0.1, -0.05) is 11.6 Å². The minimum absolute atomic E-state index is 0.0572. The minimum Gasteiger partial charge on any atom is -0.388 e. The smallest absolute Gasteiger partial charge is 0.255 e. The molecule has 7 nitrogen and oxygen atoms in total. The molecule has 0 aromatic heterocycles. The molecule has 2 atom stereocenters. The fourth-order valence-corrected chi connectivity index (χ4v) is 8.16. The Morgan fingerprint density at radius 1 is 1.08 bits per heavy atom. The van der Waals surface area contributed by atoms with Crippen LogP contribution in [0.1, 0.15) is 29.6 Å². The number of amides is 1. The van der Waals surface area contributed by atoms with Crippen molar-refractivity contribution in [3.05, 3.63) is 58.4 Å². The van der Waals surface area contributed by atoms with Crippen molar-refractivity contribution in [1.82, 2.24) is 4.90 Å². The molecule has 2 unspecified atom stereocenters. The fourth-order valence-electron chi connectivity index (χ4n) is 5.76. The lowest BCUT2D eigenvalue weighted by Gasteiger charge is -2.59. The summed E-state index contributed by atoms with van der Waals surface area (Å²) in [5.41, 5.74) is -1.36. The predicted molar refractivity (Wildman–Crippen MR) is 130 cm³/mol. The second-order valence-electron chi connectivity index (χ2n) is 10.0. The first-order valence-electron chi connectivity index (χ1n) is 12.0. The van der Waals surface area contributed by atoms with Crippen molar-refractivity contribution in [3.63, 3.8) is 0 Å². The topological polar surface area (TPSA) is 95.9 Å². The van der Waals surface area contributed by atoms with Gasteiger partial charge in [0.05, 0.1) is 34.0 Å². The van der Waals surface area contributed by atoms with Gasteiger partial charge in [-0.2, -0.15) is 0 Å². The Morgan fingerprint density at radius 3 is 2.32 bits per heavy atom. The van der Waals surface area contributed by atoms with Crippen LogP contribution in [0.15, 0.2) is 35.2 Å². The van der Waals surface area contributed by atoms with Crippen LogP contribution in [0.4, 0.5) is 18.9 Å². The van der Waals surface area contributed by atoms with Gasteiger partial charge in [-0.3, -0.25) is 9.69 Å². The van der Waals surface area contributed by atoms with E-state index in [1.54, 1.807) is 0 Å². The summed E-state index contributed by atoms with van der Waals surface area (Å²) in [5, 5.41) is 12.7. The number of carbonyl (C=O) groups is 1. The average molecular weight is 559 g/mol. The van der Waals surface area contributed by atoms with Crippen LogP contribution in [0.2, 0.25) is 5.02 Å². The number of carbonyl (C=O) groups excluding carboxylic acids is 1. The van der Waals surface area contributed by atoms with E-state index in [-0.39, 0.29) is 45.8 Å². The molecule has 4 aliphatic rings. The molecule has 1 amide bonds. The van der Waals surface area contributed by atoms with Gasteiger partial charge in [-0.25, -0.2) is 21.6 Å². The van der Waals surface area contributed by atoms with Crippen LogP contribution in [0, 0.1) is 29.3 Å². The zero-order valence-corrected chi connectivity index (χ0v) is 21.3. The van der Waals surface area contributed by atoms with Gasteiger partial charge in [0.1, 0.15) is 0 Å². The summed E-state index contributed by atoms with van der Waals surface area (Å²) in [6.07, 6.45) is 1.31. The lowest BCUT2D eigenvalue weighted by molar-refractivity contribution is -0.191. The van der Waals surface area contributed by atoms with E-state index < -0.39 is 44.0 Å². The number of nitrogens with one attached hydrogen (secondary N) is 1. The van der Waals surface area contributed by atoms with Gasteiger partial charge in [0.2, 0.25) is 0 Å². The lowest BCUT2D eigenvalue weighted by atomic mass is 9.53. The number of morpholine rings is 1. The van der Waals surface area contributed by atoms with E-state index in [0.717, 1.165) is 25.6 Å². The van der Waals surface area contributed by atoms with Crippen molar-refractivity contribution in [2.45, 2.75) is 35.0 Å². The van der Waals surface area contributed by atoms with Crippen molar-refractivity contribution < 1.29 is 36.2 Å².